The molecule has 3 aromatic carbocycles. The minimum absolute atomic E-state index is 0.0546. The van der Waals surface area contributed by atoms with E-state index in [1.165, 1.54) is 30.3 Å². The fourth-order valence-electron chi connectivity index (χ4n) is 2.40. The summed E-state index contributed by atoms with van der Waals surface area (Å²) >= 11 is 5.79. The molecule has 0 heterocycles. The third kappa shape index (κ3) is 5.27. The molecule has 0 aliphatic heterocycles. The van der Waals surface area contributed by atoms with Gasteiger partial charge in [0.2, 0.25) is 0 Å². The minimum atomic E-state index is -0.635. The molecule has 0 aromatic heterocycles. The summed E-state index contributed by atoms with van der Waals surface area (Å²) in [7, 11) is 0. The van der Waals surface area contributed by atoms with E-state index in [1.54, 1.807) is 42.5 Å². The number of esters is 1. The number of rotatable bonds is 6. The maximum absolute atomic E-state index is 12.3. The number of amides is 1. The molecule has 150 valence electrons. The van der Waals surface area contributed by atoms with Gasteiger partial charge in [-0.3, -0.25) is 14.9 Å². The first kappa shape index (κ1) is 20.7. The number of hydrogen-bond donors (Lipinski definition) is 1. The molecule has 0 fully saturated rings. The zero-order valence-corrected chi connectivity index (χ0v) is 16.1. The highest BCUT2D eigenvalue weighted by Crippen LogP contribution is 2.24. The van der Waals surface area contributed by atoms with Crippen LogP contribution < -0.4 is 10.2 Å². The molecule has 3 aromatic rings. The number of carbonyl (C=O) groups excluding carboxylic acids is 2. The average molecular weight is 424 g/mol. The Kier molecular flexibility index (Phi) is 6.51. The molecule has 1 N–H and O–H groups in total. The molecule has 30 heavy (non-hydrogen) atoms. The second-order valence-electron chi connectivity index (χ2n) is 5.94. The van der Waals surface area contributed by atoms with Crippen molar-refractivity contribution in [2.24, 2.45) is 5.10 Å². The quantitative estimate of drug-likeness (QED) is 0.210. The molecular weight excluding hydrogens is 410 g/mol. The number of ether oxygens (including phenoxy) is 1. The Labute approximate surface area is 175 Å². The van der Waals surface area contributed by atoms with Crippen molar-refractivity contribution in [2.45, 2.75) is 0 Å². The molecule has 0 bridgehead atoms. The Morgan fingerprint density at radius 3 is 2.37 bits per heavy atom. The number of nitrogens with one attached hydrogen (secondary N) is 1. The van der Waals surface area contributed by atoms with E-state index >= 15 is 0 Å². The molecule has 8 nitrogen and oxygen atoms in total. The molecule has 0 aliphatic carbocycles. The molecule has 0 saturated heterocycles. The topological polar surface area (TPSA) is 111 Å². The highest BCUT2D eigenvalue weighted by Gasteiger charge is 2.15. The van der Waals surface area contributed by atoms with E-state index in [1.807, 2.05) is 0 Å². The van der Waals surface area contributed by atoms with Crippen LogP contribution in [0.15, 0.2) is 77.9 Å². The van der Waals surface area contributed by atoms with Crippen LogP contribution >= 0.6 is 11.6 Å². The first-order valence-corrected chi connectivity index (χ1v) is 8.96. The molecule has 1 amide bonds. The van der Waals surface area contributed by atoms with E-state index in [0.29, 0.717) is 16.1 Å². The fourth-order valence-corrected chi connectivity index (χ4v) is 2.53. The van der Waals surface area contributed by atoms with Gasteiger partial charge in [-0.1, -0.05) is 29.8 Å². The van der Waals surface area contributed by atoms with Crippen molar-refractivity contribution in [3.8, 4) is 5.75 Å². The van der Waals surface area contributed by atoms with Crippen LogP contribution in [0.25, 0.3) is 0 Å². The molecule has 0 saturated carbocycles. The van der Waals surface area contributed by atoms with Crippen LogP contribution in [0.4, 0.5) is 5.69 Å². The number of halogens is 1. The van der Waals surface area contributed by atoms with Crippen LogP contribution in [0, 0.1) is 10.1 Å². The number of nitro groups is 1. The van der Waals surface area contributed by atoms with Crippen molar-refractivity contribution >= 4 is 35.4 Å². The summed E-state index contributed by atoms with van der Waals surface area (Å²) in [5.41, 5.74) is 2.87. The number of nitro benzene ring substituents is 1. The second kappa shape index (κ2) is 9.44. The third-order valence-electron chi connectivity index (χ3n) is 3.89. The van der Waals surface area contributed by atoms with Gasteiger partial charge >= 0.3 is 5.97 Å². The predicted molar refractivity (Wildman–Crippen MR) is 111 cm³/mol. The second-order valence-corrected chi connectivity index (χ2v) is 6.38. The lowest BCUT2D eigenvalue weighted by molar-refractivity contribution is -0.384. The van der Waals surface area contributed by atoms with Crippen LogP contribution in [0.3, 0.4) is 0 Å². The van der Waals surface area contributed by atoms with E-state index in [9.17, 15) is 19.7 Å². The standard InChI is InChI=1S/C21H14ClN3O5/c22-17-8-6-14(7-9-17)20(26)24-23-13-16-12-18(25(28)29)10-11-19(16)30-21(27)15-4-2-1-3-5-15/h1-13H,(H,24,26)/b23-13+. The maximum Gasteiger partial charge on any atom is 0.343 e. The first-order valence-electron chi connectivity index (χ1n) is 8.58. The lowest BCUT2D eigenvalue weighted by Crippen LogP contribution is -2.17. The molecule has 0 radical (unpaired) electrons. The largest absolute Gasteiger partial charge is 0.422 e. The van der Waals surface area contributed by atoms with Crippen LogP contribution in [0.1, 0.15) is 26.3 Å². The molecule has 0 spiro atoms. The number of hydrogen-bond acceptors (Lipinski definition) is 6. The van der Waals surface area contributed by atoms with Crippen molar-refractivity contribution in [3.05, 3.63) is 105 Å². The lowest BCUT2D eigenvalue weighted by atomic mass is 10.2. The van der Waals surface area contributed by atoms with Gasteiger partial charge < -0.3 is 4.74 Å². The summed E-state index contributed by atoms with van der Waals surface area (Å²) in [5.74, 6) is -1.08. The van der Waals surface area contributed by atoms with Crippen LogP contribution in [0.5, 0.6) is 5.75 Å². The lowest BCUT2D eigenvalue weighted by Gasteiger charge is -2.07. The Morgan fingerprint density at radius 2 is 1.70 bits per heavy atom. The average Bonchev–Trinajstić information content (AvgIpc) is 2.75. The SMILES string of the molecule is O=C(N/N=C/c1cc([N+](=O)[O-])ccc1OC(=O)c1ccccc1)c1ccc(Cl)cc1. The van der Waals surface area contributed by atoms with Crippen LogP contribution in [-0.2, 0) is 0 Å². The maximum atomic E-state index is 12.3. The third-order valence-corrected chi connectivity index (χ3v) is 4.14. The highest BCUT2D eigenvalue weighted by atomic mass is 35.5. The summed E-state index contributed by atoms with van der Waals surface area (Å²) in [5, 5.41) is 15.4. The molecule has 0 unspecified atom stereocenters. The smallest absolute Gasteiger partial charge is 0.343 e. The summed E-state index contributed by atoms with van der Waals surface area (Å²) in [6.45, 7) is 0. The molecule has 0 atom stereocenters. The minimum Gasteiger partial charge on any atom is -0.422 e. The summed E-state index contributed by atoms with van der Waals surface area (Å²) in [4.78, 5) is 34.9. The Hall–Kier alpha value is -4.04. The van der Waals surface area contributed by atoms with E-state index in [2.05, 4.69) is 10.5 Å². The summed E-state index contributed by atoms with van der Waals surface area (Å²) in [6, 6.07) is 18.1. The normalized spacial score (nSPS) is 10.6. The van der Waals surface area contributed by atoms with E-state index in [-0.39, 0.29) is 17.0 Å². The number of benzene rings is 3. The number of nitrogens with zero attached hydrogens (tertiary/aromatic N) is 2. The zero-order valence-electron chi connectivity index (χ0n) is 15.3. The number of carbonyl (C=O) groups is 2. The summed E-state index contributed by atoms with van der Waals surface area (Å²) < 4.78 is 5.34. The van der Waals surface area contributed by atoms with Crippen LogP contribution in [-0.4, -0.2) is 23.0 Å². The van der Waals surface area contributed by atoms with E-state index < -0.39 is 16.8 Å². The van der Waals surface area contributed by atoms with Gasteiger partial charge in [-0.2, -0.15) is 5.10 Å². The molecule has 3 rings (SSSR count). The first-order chi connectivity index (χ1) is 14.4. The van der Waals surface area contributed by atoms with Gasteiger partial charge in [-0.25, -0.2) is 10.2 Å². The Balaban J connectivity index is 1.80. The molecule has 9 heteroatoms. The number of non-ortho nitro benzene ring substituents is 1. The van der Waals surface area contributed by atoms with Crippen molar-refractivity contribution in [2.75, 3.05) is 0 Å². The number of hydrazone groups is 1. The van der Waals surface area contributed by atoms with Crippen molar-refractivity contribution in [1.29, 1.82) is 0 Å². The van der Waals surface area contributed by atoms with Crippen molar-refractivity contribution < 1.29 is 19.2 Å². The van der Waals surface area contributed by atoms with E-state index in [0.717, 1.165) is 6.21 Å². The van der Waals surface area contributed by atoms with Gasteiger partial charge in [0.1, 0.15) is 5.75 Å². The van der Waals surface area contributed by atoms with Crippen molar-refractivity contribution in [1.82, 2.24) is 5.43 Å². The Morgan fingerprint density at radius 1 is 1.00 bits per heavy atom. The molecule has 0 aliphatic rings. The van der Waals surface area contributed by atoms with Crippen molar-refractivity contribution in [3.63, 3.8) is 0 Å². The highest BCUT2D eigenvalue weighted by molar-refractivity contribution is 6.30. The van der Waals surface area contributed by atoms with Gasteiger partial charge in [-0.05, 0) is 42.5 Å². The summed E-state index contributed by atoms with van der Waals surface area (Å²) in [6.07, 6.45) is 1.16. The zero-order chi connectivity index (χ0) is 21.5. The monoisotopic (exact) mass is 423 g/mol. The fraction of sp³-hybridized carbons (Fsp3) is 0. The van der Waals surface area contributed by atoms with Gasteiger partial charge in [0, 0.05) is 28.3 Å². The van der Waals surface area contributed by atoms with E-state index in [4.69, 9.17) is 16.3 Å². The van der Waals surface area contributed by atoms with Gasteiger partial charge in [0.15, 0.2) is 0 Å². The van der Waals surface area contributed by atoms with Gasteiger partial charge in [0.05, 0.1) is 16.7 Å². The predicted octanol–water partition coefficient (Wildman–Crippen LogP) is 4.23. The van der Waals surface area contributed by atoms with Gasteiger partial charge in [-0.15, -0.1) is 0 Å². The van der Waals surface area contributed by atoms with Crippen LogP contribution in [0.2, 0.25) is 5.02 Å². The molecular formula is C21H14ClN3O5. The van der Waals surface area contributed by atoms with Gasteiger partial charge in [0.25, 0.3) is 11.6 Å². The Bertz CT molecular complexity index is 1120.